The van der Waals surface area contributed by atoms with Gasteiger partial charge in [0.25, 0.3) is 0 Å². The molecule has 0 aliphatic heterocycles. The molecule has 1 unspecified atom stereocenters. The Labute approximate surface area is 155 Å². The minimum Gasteiger partial charge on any atom is -0.357 e. The van der Waals surface area contributed by atoms with Crippen molar-refractivity contribution < 1.29 is 0 Å². The molecule has 0 aliphatic carbocycles. The fourth-order valence-electron chi connectivity index (χ4n) is 2.66. The Hall–Kier alpha value is -1.82. The highest BCUT2D eigenvalue weighted by Crippen LogP contribution is 2.13. The van der Waals surface area contributed by atoms with Crippen molar-refractivity contribution in [2.24, 2.45) is 16.8 Å². The first-order valence-corrected chi connectivity index (χ1v) is 10.0. The summed E-state index contributed by atoms with van der Waals surface area (Å²) in [6.07, 6.45) is 4.99. The summed E-state index contributed by atoms with van der Waals surface area (Å²) >= 11 is 1.83. The Morgan fingerprint density at radius 1 is 1.32 bits per heavy atom. The highest BCUT2D eigenvalue weighted by Gasteiger charge is 2.08. The number of hydrogen-bond donors (Lipinski definition) is 2. The van der Waals surface area contributed by atoms with Gasteiger partial charge in [-0.25, -0.2) is 9.98 Å². The average molecular weight is 362 g/mol. The van der Waals surface area contributed by atoms with Gasteiger partial charge in [-0.3, -0.25) is 0 Å². The van der Waals surface area contributed by atoms with Crippen LogP contribution in [-0.2, 0) is 19.5 Å². The Bertz CT molecular complexity index is 630. The van der Waals surface area contributed by atoms with Crippen LogP contribution in [0.4, 0.5) is 0 Å². The van der Waals surface area contributed by atoms with E-state index in [9.17, 15) is 0 Å². The first-order valence-electron chi connectivity index (χ1n) is 9.13. The van der Waals surface area contributed by atoms with E-state index in [1.54, 1.807) is 0 Å². The molecule has 0 aliphatic rings. The van der Waals surface area contributed by atoms with E-state index in [-0.39, 0.29) is 0 Å². The van der Waals surface area contributed by atoms with E-state index in [0.717, 1.165) is 37.8 Å². The quantitative estimate of drug-likeness (QED) is 0.531. The third-order valence-electron chi connectivity index (χ3n) is 3.83. The van der Waals surface area contributed by atoms with Crippen LogP contribution in [0, 0.1) is 11.8 Å². The Morgan fingerprint density at radius 2 is 2.16 bits per heavy atom. The lowest BCUT2D eigenvalue weighted by Crippen LogP contribution is -2.39. The summed E-state index contributed by atoms with van der Waals surface area (Å²) in [7, 11) is 0. The molecule has 2 heterocycles. The first-order chi connectivity index (χ1) is 12.1. The number of aromatic nitrogens is 2. The minimum absolute atomic E-state index is 0.561. The van der Waals surface area contributed by atoms with Crippen molar-refractivity contribution in [1.82, 2.24) is 20.2 Å². The topological polar surface area (TPSA) is 54.2 Å². The molecule has 2 N–H and O–H groups in total. The third-order valence-corrected chi connectivity index (χ3v) is 4.73. The molecule has 6 heteroatoms. The highest BCUT2D eigenvalue weighted by atomic mass is 32.1. The van der Waals surface area contributed by atoms with Crippen LogP contribution >= 0.6 is 11.3 Å². The smallest absolute Gasteiger partial charge is 0.191 e. The number of nitrogens with one attached hydrogen (secondary N) is 2. The van der Waals surface area contributed by atoms with Crippen molar-refractivity contribution in [2.45, 2.75) is 47.2 Å². The van der Waals surface area contributed by atoms with E-state index in [0.29, 0.717) is 18.4 Å². The molecule has 1 atom stereocenters. The number of thiophene rings is 1. The summed E-state index contributed by atoms with van der Waals surface area (Å²) in [5.41, 5.74) is 0. The van der Waals surface area contributed by atoms with Crippen molar-refractivity contribution >= 4 is 17.3 Å². The highest BCUT2D eigenvalue weighted by molar-refractivity contribution is 7.09. The van der Waals surface area contributed by atoms with E-state index in [4.69, 9.17) is 4.99 Å². The van der Waals surface area contributed by atoms with Gasteiger partial charge in [-0.2, -0.15) is 0 Å². The molecule has 0 fully saturated rings. The number of aliphatic imine (C=N–C) groups is 1. The van der Waals surface area contributed by atoms with Crippen LogP contribution in [0.25, 0.3) is 0 Å². The zero-order chi connectivity index (χ0) is 18.1. The summed E-state index contributed by atoms with van der Waals surface area (Å²) in [6, 6.07) is 4.32. The standard InChI is InChI=1S/C19H31N5S/c1-5-20-19(22-12-16(4)11-17-7-6-10-25-17)23-13-18-21-8-9-24(18)14-15(2)3/h6-10,15-16H,5,11-14H2,1-4H3,(H2,20,22,23). The van der Waals surface area contributed by atoms with Crippen molar-refractivity contribution in [3.05, 3.63) is 40.6 Å². The molecule has 0 amide bonds. The van der Waals surface area contributed by atoms with Crippen molar-refractivity contribution in [2.75, 3.05) is 13.1 Å². The second-order valence-corrected chi connectivity index (χ2v) is 7.89. The van der Waals surface area contributed by atoms with Crippen LogP contribution < -0.4 is 10.6 Å². The maximum atomic E-state index is 4.71. The van der Waals surface area contributed by atoms with Crippen LogP contribution in [0.1, 0.15) is 38.4 Å². The molecule has 5 nitrogen and oxygen atoms in total. The summed E-state index contributed by atoms with van der Waals surface area (Å²) in [6.45, 7) is 12.1. The summed E-state index contributed by atoms with van der Waals surface area (Å²) in [5, 5.41) is 8.93. The van der Waals surface area contributed by atoms with E-state index < -0.39 is 0 Å². The van der Waals surface area contributed by atoms with Crippen molar-refractivity contribution in [1.29, 1.82) is 0 Å². The molecule has 25 heavy (non-hydrogen) atoms. The molecular formula is C19H31N5S. The van der Waals surface area contributed by atoms with Gasteiger partial charge in [0.15, 0.2) is 5.96 Å². The van der Waals surface area contributed by atoms with Crippen LogP contribution in [0.15, 0.2) is 34.9 Å². The van der Waals surface area contributed by atoms with E-state index in [1.807, 2.05) is 23.7 Å². The number of nitrogens with zero attached hydrogens (tertiary/aromatic N) is 3. The fraction of sp³-hybridized carbons (Fsp3) is 0.579. The molecule has 2 aromatic heterocycles. The third kappa shape index (κ3) is 6.90. The largest absolute Gasteiger partial charge is 0.357 e. The average Bonchev–Trinajstić information content (AvgIpc) is 3.21. The molecule has 0 bridgehead atoms. The molecule has 138 valence electrons. The first kappa shape index (κ1) is 19.5. The fourth-order valence-corrected chi connectivity index (χ4v) is 3.53. The molecule has 2 rings (SSSR count). The van der Waals surface area contributed by atoms with E-state index >= 15 is 0 Å². The summed E-state index contributed by atoms with van der Waals surface area (Å²) in [4.78, 5) is 10.6. The molecular weight excluding hydrogens is 330 g/mol. The summed E-state index contributed by atoms with van der Waals surface area (Å²) < 4.78 is 2.19. The Morgan fingerprint density at radius 3 is 2.84 bits per heavy atom. The number of imidazole rings is 1. The van der Waals surface area contributed by atoms with Gasteiger partial charge in [0.2, 0.25) is 0 Å². The van der Waals surface area contributed by atoms with Crippen LogP contribution in [0.2, 0.25) is 0 Å². The summed E-state index contributed by atoms with van der Waals surface area (Å²) in [5.74, 6) is 3.03. The van der Waals surface area contributed by atoms with Gasteiger partial charge in [-0.15, -0.1) is 11.3 Å². The lowest BCUT2D eigenvalue weighted by molar-refractivity contribution is 0.507. The van der Waals surface area contributed by atoms with Gasteiger partial charge >= 0.3 is 0 Å². The molecule has 2 aromatic rings. The predicted octanol–water partition coefficient (Wildman–Crippen LogP) is 3.53. The van der Waals surface area contributed by atoms with Gasteiger partial charge < -0.3 is 15.2 Å². The molecule has 0 saturated heterocycles. The number of guanidine groups is 1. The van der Waals surface area contributed by atoms with Crippen LogP contribution in [-0.4, -0.2) is 28.6 Å². The molecule has 0 aromatic carbocycles. The van der Waals surface area contributed by atoms with E-state index in [2.05, 4.69) is 65.4 Å². The predicted molar refractivity (Wildman–Crippen MR) is 107 cm³/mol. The Balaban J connectivity index is 1.88. The van der Waals surface area contributed by atoms with Crippen molar-refractivity contribution in [3.8, 4) is 0 Å². The normalized spacial score (nSPS) is 13.2. The lowest BCUT2D eigenvalue weighted by Gasteiger charge is -2.15. The zero-order valence-corrected chi connectivity index (χ0v) is 16.6. The van der Waals surface area contributed by atoms with Gasteiger partial charge in [0.1, 0.15) is 12.4 Å². The molecule has 0 spiro atoms. The maximum Gasteiger partial charge on any atom is 0.191 e. The minimum atomic E-state index is 0.561. The maximum absolute atomic E-state index is 4.71. The van der Waals surface area contributed by atoms with Gasteiger partial charge in [-0.1, -0.05) is 26.8 Å². The van der Waals surface area contributed by atoms with Gasteiger partial charge in [-0.05, 0) is 36.6 Å². The van der Waals surface area contributed by atoms with Crippen molar-refractivity contribution in [3.63, 3.8) is 0 Å². The van der Waals surface area contributed by atoms with Crippen LogP contribution in [0.3, 0.4) is 0 Å². The Kier molecular flexibility index (Phi) is 7.98. The molecule has 0 saturated carbocycles. The lowest BCUT2D eigenvalue weighted by atomic mass is 10.1. The van der Waals surface area contributed by atoms with E-state index in [1.165, 1.54) is 4.88 Å². The number of rotatable bonds is 9. The van der Waals surface area contributed by atoms with Crippen LogP contribution in [0.5, 0.6) is 0 Å². The monoisotopic (exact) mass is 361 g/mol. The number of hydrogen-bond acceptors (Lipinski definition) is 3. The SMILES string of the molecule is CCNC(=NCc1nccn1CC(C)C)NCC(C)Cc1cccs1. The second-order valence-electron chi connectivity index (χ2n) is 6.85. The van der Waals surface area contributed by atoms with Gasteiger partial charge in [0.05, 0.1) is 0 Å². The zero-order valence-electron chi connectivity index (χ0n) is 15.8. The molecule has 0 radical (unpaired) electrons. The van der Waals surface area contributed by atoms with Gasteiger partial charge in [0, 0.05) is 36.9 Å². The second kappa shape index (κ2) is 10.2.